The fraction of sp³-hybridized carbons (Fsp3) is 0.286. The molecule has 0 radical (unpaired) electrons. The fourth-order valence-corrected chi connectivity index (χ4v) is 4.07. The number of halogens is 3. The molecule has 3 aromatic rings. The van der Waals surface area contributed by atoms with Gasteiger partial charge in [0.2, 0.25) is 5.91 Å². The molecular formula is C28H27F3N2O3. The molecule has 188 valence electrons. The van der Waals surface area contributed by atoms with E-state index in [0.717, 1.165) is 17.2 Å². The van der Waals surface area contributed by atoms with Crippen molar-refractivity contribution < 1.29 is 27.8 Å². The largest absolute Gasteiger partial charge is 0.489 e. The van der Waals surface area contributed by atoms with Gasteiger partial charge in [-0.1, -0.05) is 42.5 Å². The molecular weight excluding hydrogens is 469 g/mol. The first kappa shape index (κ1) is 25.4. The number of allylic oxidation sites excluding steroid dienone is 1. The molecule has 1 saturated carbocycles. The van der Waals surface area contributed by atoms with Crippen molar-refractivity contribution in [1.82, 2.24) is 10.3 Å². The molecule has 0 saturated heterocycles. The van der Waals surface area contributed by atoms with E-state index in [0.29, 0.717) is 17.9 Å². The van der Waals surface area contributed by atoms with E-state index in [4.69, 9.17) is 4.74 Å². The van der Waals surface area contributed by atoms with Crippen LogP contribution in [-0.4, -0.2) is 34.8 Å². The molecule has 1 aliphatic rings. The molecule has 1 atom stereocenters. The Labute approximate surface area is 207 Å². The molecule has 2 aromatic carbocycles. The number of nitrogens with zero attached hydrogens (tertiary/aromatic N) is 1. The standard InChI is InChI=1S/C28H27F3N2O3/c29-28(30,31)27(12-13-27)25(22-10-14-32-15-11-22)17-26(35)33-18-23(34)16-20-6-8-24(9-7-20)36-19-21-4-2-1-3-5-21/h1-11,14-15,17,23,34H,12-13,16,18-19H2,(H,33,35). The van der Waals surface area contributed by atoms with Crippen LogP contribution >= 0.6 is 0 Å². The smallest absolute Gasteiger partial charge is 0.398 e. The Morgan fingerprint density at radius 3 is 2.31 bits per heavy atom. The quantitative estimate of drug-likeness (QED) is 0.383. The minimum absolute atomic E-state index is 0.0639. The molecule has 5 nitrogen and oxygen atoms in total. The lowest BCUT2D eigenvalue weighted by Crippen LogP contribution is -2.33. The average molecular weight is 497 g/mol. The molecule has 1 amide bonds. The predicted octanol–water partition coefficient (Wildman–Crippen LogP) is 5.11. The highest BCUT2D eigenvalue weighted by Crippen LogP contribution is 2.64. The van der Waals surface area contributed by atoms with E-state index in [1.165, 1.54) is 24.5 Å². The number of amides is 1. The van der Waals surface area contributed by atoms with Gasteiger partial charge in [-0.05, 0) is 59.4 Å². The maximum atomic E-state index is 13.8. The minimum atomic E-state index is -4.46. The molecule has 8 heteroatoms. The summed E-state index contributed by atoms with van der Waals surface area (Å²) in [5, 5.41) is 12.9. The molecule has 1 fully saturated rings. The van der Waals surface area contributed by atoms with Crippen molar-refractivity contribution in [3.05, 3.63) is 102 Å². The van der Waals surface area contributed by atoms with Crippen LogP contribution < -0.4 is 10.1 Å². The molecule has 1 unspecified atom stereocenters. The van der Waals surface area contributed by atoms with E-state index < -0.39 is 23.6 Å². The maximum Gasteiger partial charge on any atom is 0.398 e. The van der Waals surface area contributed by atoms with Gasteiger partial charge in [-0.15, -0.1) is 0 Å². The molecule has 0 bridgehead atoms. The van der Waals surface area contributed by atoms with Gasteiger partial charge in [-0.25, -0.2) is 0 Å². The van der Waals surface area contributed by atoms with E-state index in [-0.39, 0.29) is 31.4 Å². The number of pyridine rings is 1. The second-order valence-electron chi connectivity index (χ2n) is 8.90. The Morgan fingerprint density at radius 1 is 1.03 bits per heavy atom. The first-order chi connectivity index (χ1) is 17.3. The third-order valence-electron chi connectivity index (χ3n) is 6.23. The van der Waals surface area contributed by atoms with Crippen molar-refractivity contribution in [2.75, 3.05) is 6.54 Å². The van der Waals surface area contributed by atoms with Crippen LogP contribution in [0.15, 0.2) is 85.2 Å². The summed E-state index contributed by atoms with van der Waals surface area (Å²) < 4.78 is 47.0. The van der Waals surface area contributed by atoms with Gasteiger partial charge in [0.05, 0.1) is 11.5 Å². The van der Waals surface area contributed by atoms with Crippen LogP contribution in [0.2, 0.25) is 0 Å². The summed E-state index contributed by atoms with van der Waals surface area (Å²) in [5.41, 5.74) is 0.109. The number of nitrogens with one attached hydrogen (secondary N) is 1. The fourth-order valence-electron chi connectivity index (χ4n) is 4.07. The van der Waals surface area contributed by atoms with Gasteiger partial charge in [0.25, 0.3) is 0 Å². The molecule has 36 heavy (non-hydrogen) atoms. The molecule has 0 spiro atoms. The molecule has 2 N–H and O–H groups in total. The second-order valence-corrected chi connectivity index (χ2v) is 8.90. The lowest BCUT2D eigenvalue weighted by Gasteiger charge is -2.23. The number of carbonyl (C=O) groups excluding carboxylic acids is 1. The maximum absolute atomic E-state index is 13.8. The third kappa shape index (κ3) is 6.31. The van der Waals surface area contributed by atoms with Gasteiger partial charge in [-0.3, -0.25) is 9.78 Å². The Kier molecular flexibility index (Phi) is 7.74. The van der Waals surface area contributed by atoms with Crippen LogP contribution in [0.4, 0.5) is 13.2 Å². The number of carbonyl (C=O) groups is 1. The second kappa shape index (κ2) is 11.0. The Balaban J connectivity index is 1.32. The monoisotopic (exact) mass is 496 g/mol. The lowest BCUT2D eigenvalue weighted by molar-refractivity contribution is -0.168. The molecule has 1 heterocycles. The van der Waals surface area contributed by atoms with Crippen molar-refractivity contribution in [3.63, 3.8) is 0 Å². The van der Waals surface area contributed by atoms with Crippen LogP contribution in [0, 0.1) is 5.41 Å². The highest BCUT2D eigenvalue weighted by molar-refractivity contribution is 5.97. The topological polar surface area (TPSA) is 71.5 Å². The summed E-state index contributed by atoms with van der Waals surface area (Å²) >= 11 is 0. The zero-order chi connectivity index (χ0) is 25.6. The molecule has 1 aliphatic carbocycles. The zero-order valence-electron chi connectivity index (χ0n) is 19.5. The number of rotatable bonds is 10. The number of aromatic nitrogens is 1. The minimum Gasteiger partial charge on any atom is -0.489 e. The Morgan fingerprint density at radius 2 is 1.69 bits per heavy atom. The van der Waals surface area contributed by atoms with Crippen LogP contribution in [0.25, 0.3) is 5.57 Å². The Hall–Kier alpha value is -3.65. The summed E-state index contributed by atoms with van der Waals surface area (Å²) in [6.45, 7) is 0.351. The van der Waals surface area contributed by atoms with E-state index >= 15 is 0 Å². The van der Waals surface area contributed by atoms with E-state index in [1.807, 2.05) is 42.5 Å². The van der Waals surface area contributed by atoms with Gasteiger partial charge >= 0.3 is 6.18 Å². The van der Waals surface area contributed by atoms with Crippen LogP contribution in [0.5, 0.6) is 5.75 Å². The van der Waals surface area contributed by atoms with Gasteiger partial charge in [0.1, 0.15) is 12.4 Å². The number of alkyl halides is 3. The van der Waals surface area contributed by atoms with Gasteiger partial charge in [-0.2, -0.15) is 13.2 Å². The van der Waals surface area contributed by atoms with Gasteiger partial charge < -0.3 is 15.2 Å². The summed E-state index contributed by atoms with van der Waals surface area (Å²) in [4.78, 5) is 16.4. The highest BCUT2D eigenvalue weighted by Gasteiger charge is 2.65. The summed E-state index contributed by atoms with van der Waals surface area (Å²) in [6.07, 6.45) is -1.42. The van der Waals surface area contributed by atoms with Crippen molar-refractivity contribution in [1.29, 1.82) is 0 Å². The van der Waals surface area contributed by atoms with Gasteiger partial charge in [0, 0.05) is 31.4 Å². The highest BCUT2D eigenvalue weighted by atomic mass is 19.4. The van der Waals surface area contributed by atoms with E-state index in [9.17, 15) is 23.1 Å². The summed E-state index contributed by atoms with van der Waals surface area (Å²) in [6, 6.07) is 20.0. The van der Waals surface area contributed by atoms with Crippen molar-refractivity contribution in [2.45, 2.75) is 38.1 Å². The molecule has 1 aromatic heterocycles. The Bertz CT molecular complexity index is 1180. The predicted molar refractivity (Wildman–Crippen MR) is 130 cm³/mol. The summed E-state index contributed by atoms with van der Waals surface area (Å²) in [5.74, 6) is 0.0129. The lowest BCUT2D eigenvalue weighted by atomic mass is 9.89. The van der Waals surface area contributed by atoms with Crippen LogP contribution in [-0.2, 0) is 17.8 Å². The molecule has 4 rings (SSSR count). The van der Waals surface area contributed by atoms with E-state index in [1.54, 1.807) is 12.1 Å². The number of aliphatic hydroxyl groups excluding tert-OH is 1. The van der Waals surface area contributed by atoms with Crippen molar-refractivity contribution >= 4 is 11.5 Å². The van der Waals surface area contributed by atoms with Crippen molar-refractivity contribution in [2.24, 2.45) is 5.41 Å². The number of ether oxygens (including phenoxy) is 1. The van der Waals surface area contributed by atoms with Gasteiger partial charge in [0.15, 0.2) is 0 Å². The third-order valence-corrected chi connectivity index (χ3v) is 6.23. The van der Waals surface area contributed by atoms with Crippen LogP contribution in [0.3, 0.4) is 0 Å². The average Bonchev–Trinajstić information content (AvgIpc) is 3.69. The number of aliphatic hydroxyl groups is 1. The number of hydrogen-bond donors (Lipinski definition) is 2. The first-order valence-electron chi connectivity index (χ1n) is 11.7. The summed E-state index contributed by atoms with van der Waals surface area (Å²) in [7, 11) is 0. The van der Waals surface area contributed by atoms with E-state index in [2.05, 4.69) is 10.3 Å². The number of benzene rings is 2. The molecule has 0 aliphatic heterocycles. The SMILES string of the molecule is O=C(C=C(c1ccncc1)C1(C(F)(F)F)CC1)NCC(O)Cc1ccc(OCc2ccccc2)cc1. The van der Waals surface area contributed by atoms with Crippen molar-refractivity contribution in [3.8, 4) is 5.75 Å². The van der Waals surface area contributed by atoms with Crippen LogP contribution in [0.1, 0.15) is 29.5 Å². The normalized spacial score (nSPS) is 15.7. The zero-order valence-corrected chi connectivity index (χ0v) is 19.5. The number of hydrogen-bond acceptors (Lipinski definition) is 4. The first-order valence-corrected chi connectivity index (χ1v) is 11.7.